The fourth-order valence-corrected chi connectivity index (χ4v) is 2.22. The van der Waals surface area contributed by atoms with Gasteiger partial charge >= 0.3 is 0 Å². The minimum absolute atomic E-state index is 0.318. The molecule has 1 fully saturated rings. The Morgan fingerprint density at radius 2 is 2.15 bits per heavy atom. The highest BCUT2D eigenvalue weighted by atomic mass is 15.2. The number of nitrogens with two attached hydrogens (primary N) is 1. The first-order valence-electron chi connectivity index (χ1n) is 5.63. The fourth-order valence-electron chi connectivity index (χ4n) is 2.22. The standard InChI is InChI=1S/C11H24N2/c1-4-11-6-5-10(3)13(8-11)7-9(2)12/h9-11H,4-8,12H2,1-3H3/t9?,10-,11+/m0/s1. The lowest BCUT2D eigenvalue weighted by Gasteiger charge is -2.38. The topological polar surface area (TPSA) is 29.3 Å². The van der Waals surface area contributed by atoms with Gasteiger partial charge in [-0.05, 0) is 32.6 Å². The summed E-state index contributed by atoms with van der Waals surface area (Å²) in [6.45, 7) is 9.05. The molecule has 0 saturated carbocycles. The molecule has 2 heteroatoms. The third-order valence-electron chi connectivity index (χ3n) is 3.21. The molecule has 0 aromatic heterocycles. The molecule has 0 aromatic carbocycles. The van der Waals surface area contributed by atoms with Gasteiger partial charge in [-0.15, -0.1) is 0 Å². The number of piperidine rings is 1. The van der Waals surface area contributed by atoms with Crippen molar-refractivity contribution in [3.63, 3.8) is 0 Å². The number of hydrogen-bond donors (Lipinski definition) is 1. The van der Waals surface area contributed by atoms with E-state index in [1.54, 1.807) is 0 Å². The maximum atomic E-state index is 5.83. The molecule has 0 radical (unpaired) electrons. The third-order valence-corrected chi connectivity index (χ3v) is 3.21. The molecule has 3 atom stereocenters. The van der Waals surface area contributed by atoms with Crippen molar-refractivity contribution in [2.45, 2.75) is 52.1 Å². The molecule has 1 heterocycles. The van der Waals surface area contributed by atoms with E-state index in [4.69, 9.17) is 5.73 Å². The van der Waals surface area contributed by atoms with E-state index in [2.05, 4.69) is 25.7 Å². The Morgan fingerprint density at radius 1 is 1.46 bits per heavy atom. The molecule has 78 valence electrons. The maximum absolute atomic E-state index is 5.83. The van der Waals surface area contributed by atoms with Gasteiger partial charge in [0, 0.05) is 25.2 Å². The van der Waals surface area contributed by atoms with Gasteiger partial charge in [0.05, 0.1) is 0 Å². The van der Waals surface area contributed by atoms with Gasteiger partial charge in [0.1, 0.15) is 0 Å². The first-order valence-corrected chi connectivity index (χ1v) is 5.63. The van der Waals surface area contributed by atoms with E-state index in [-0.39, 0.29) is 0 Å². The normalized spacial score (nSPS) is 33.2. The lowest BCUT2D eigenvalue weighted by Crippen LogP contribution is -2.46. The van der Waals surface area contributed by atoms with Crippen LogP contribution in [0.5, 0.6) is 0 Å². The third kappa shape index (κ3) is 3.28. The summed E-state index contributed by atoms with van der Waals surface area (Å²) in [6, 6.07) is 1.06. The SMILES string of the molecule is CC[C@@H]1CC[C@H](C)N(CC(C)N)C1. The van der Waals surface area contributed by atoms with E-state index in [1.807, 2.05) is 0 Å². The molecule has 1 saturated heterocycles. The zero-order valence-corrected chi connectivity index (χ0v) is 9.29. The molecule has 1 rings (SSSR count). The van der Waals surface area contributed by atoms with E-state index in [9.17, 15) is 0 Å². The summed E-state index contributed by atoms with van der Waals surface area (Å²) in [5.74, 6) is 0.912. The minimum atomic E-state index is 0.318. The van der Waals surface area contributed by atoms with Crippen LogP contribution in [0.15, 0.2) is 0 Å². The van der Waals surface area contributed by atoms with Crippen molar-refractivity contribution in [2.24, 2.45) is 11.7 Å². The van der Waals surface area contributed by atoms with Crippen LogP contribution in [0.2, 0.25) is 0 Å². The quantitative estimate of drug-likeness (QED) is 0.725. The molecule has 0 aromatic rings. The van der Waals surface area contributed by atoms with E-state index in [1.165, 1.54) is 25.8 Å². The smallest absolute Gasteiger partial charge is 0.0139 e. The van der Waals surface area contributed by atoms with Crippen molar-refractivity contribution in [1.82, 2.24) is 4.90 Å². The van der Waals surface area contributed by atoms with Crippen LogP contribution < -0.4 is 5.73 Å². The van der Waals surface area contributed by atoms with Crippen molar-refractivity contribution < 1.29 is 0 Å². The Kier molecular flexibility index (Phi) is 4.20. The Hall–Kier alpha value is -0.0800. The largest absolute Gasteiger partial charge is 0.327 e. The molecule has 1 aliphatic heterocycles. The second kappa shape index (κ2) is 4.97. The molecule has 2 N–H and O–H groups in total. The van der Waals surface area contributed by atoms with Crippen molar-refractivity contribution in [3.8, 4) is 0 Å². The molecule has 13 heavy (non-hydrogen) atoms. The summed E-state index contributed by atoms with van der Waals surface area (Å²) in [6.07, 6.45) is 4.08. The van der Waals surface area contributed by atoms with E-state index in [0.29, 0.717) is 6.04 Å². The number of nitrogens with zero attached hydrogens (tertiary/aromatic N) is 1. The first kappa shape index (κ1) is 11.0. The van der Waals surface area contributed by atoms with Crippen molar-refractivity contribution in [3.05, 3.63) is 0 Å². The van der Waals surface area contributed by atoms with Crippen LogP contribution in [-0.2, 0) is 0 Å². The van der Waals surface area contributed by atoms with Crippen LogP contribution in [0.25, 0.3) is 0 Å². The molecule has 0 spiro atoms. The zero-order chi connectivity index (χ0) is 9.84. The molecular formula is C11H24N2. The predicted molar refractivity (Wildman–Crippen MR) is 57.7 cm³/mol. The summed E-state index contributed by atoms with van der Waals surface area (Å²) in [7, 11) is 0. The molecule has 1 unspecified atom stereocenters. The highest BCUT2D eigenvalue weighted by Gasteiger charge is 2.24. The zero-order valence-electron chi connectivity index (χ0n) is 9.29. The van der Waals surface area contributed by atoms with Gasteiger partial charge in [-0.2, -0.15) is 0 Å². The van der Waals surface area contributed by atoms with Gasteiger partial charge in [0.15, 0.2) is 0 Å². The monoisotopic (exact) mass is 184 g/mol. The van der Waals surface area contributed by atoms with Crippen LogP contribution in [0, 0.1) is 5.92 Å². The lowest BCUT2D eigenvalue weighted by atomic mass is 9.91. The van der Waals surface area contributed by atoms with E-state index < -0.39 is 0 Å². The first-order chi connectivity index (χ1) is 6.13. The predicted octanol–water partition coefficient (Wildman–Crippen LogP) is 1.84. The number of hydrogen-bond acceptors (Lipinski definition) is 2. The molecular weight excluding hydrogens is 160 g/mol. The molecule has 0 amide bonds. The van der Waals surface area contributed by atoms with Crippen molar-refractivity contribution >= 4 is 0 Å². The Balaban J connectivity index is 2.40. The van der Waals surface area contributed by atoms with Crippen molar-refractivity contribution in [1.29, 1.82) is 0 Å². The number of likely N-dealkylation sites (tertiary alicyclic amines) is 1. The van der Waals surface area contributed by atoms with Gasteiger partial charge in [-0.1, -0.05) is 13.3 Å². The Morgan fingerprint density at radius 3 is 2.69 bits per heavy atom. The summed E-state index contributed by atoms with van der Waals surface area (Å²) < 4.78 is 0. The summed E-state index contributed by atoms with van der Waals surface area (Å²) in [5, 5.41) is 0. The van der Waals surface area contributed by atoms with E-state index >= 15 is 0 Å². The highest BCUT2D eigenvalue weighted by molar-refractivity contribution is 4.79. The maximum Gasteiger partial charge on any atom is 0.0139 e. The van der Waals surface area contributed by atoms with Gasteiger partial charge < -0.3 is 5.73 Å². The second-order valence-corrected chi connectivity index (χ2v) is 4.63. The highest BCUT2D eigenvalue weighted by Crippen LogP contribution is 2.23. The summed E-state index contributed by atoms with van der Waals surface area (Å²) in [4.78, 5) is 2.56. The van der Waals surface area contributed by atoms with Crippen molar-refractivity contribution in [2.75, 3.05) is 13.1 Å². The molecule has 1 aliphatic rings. The fraction of sp³-hybridized carbons (Fsp3) is 1.00. The van der Waals surface area contributed by atoms with E-state index in [0.717, 1.165) is 18.5 Å². The summed E-state index contributed by atoms with van der Waals surface area (Å²) >= 11 is 0. The van der Waals surface area contributed by atoms with Crippen LogP contribution in [0.4, 0.5) is 0 Å². The van der Waals surface area contributed by atoms with Crippen LogP contribution >= 0.6 is 0 Å². The minimum Gasteiger partial charge on any atom is -0.327 e. The summed E-state index contributed by atoms with van der Waals surface area (Å²) in [5.41, 5.74) is 5.83. The lowest BCUT2D eigenvalue weighted by molar-refractivity contribution is 0.111. The molecule has 2 nitrogen and oxygen atoms in total. The van der Waals surface area contributed by atoms with Gasteiger partial charge in [0.25, 0.3) is 0 Å². The molecule has 0 aliphatic carbocycles. The van der Waals surface area contributed by atoms with Gasteiger partial charge in [0.2, 0.25) is 0 Å². The van der Waals surface area contributed by atoms with Crippen LogP contribution in [-0.4, -0.2) is 30.1 Å². The molecule has 0 bridgehead atoms. The van der Waals surface area contributed by atoms with Crippen LogP contribution in [0.1, 0.15) is 40.0 Å². The average Bonchev–Trinajstić information content (AvgIpc) is 2.08. The van der Waals surface area contributed by atoms with Crippen LogP contribution in [0.3, 0.4) is 0 Å². The Bertz CT molecular complexity index is 145. The van der Waals surface area contributed by atoms with Gasteiger partial charge in [-0.3, -0.25) is 4.90 Å². The second-order valence-electron chi connectivity index (χ2n) is 4.63. The average molecular weight is 184 g/mol. The van der Waals surface area contributed by atoms with Gasteiger partial charge in [-0.25, -0.2) is 0 Å². The Labute approximate surface area is 82.5 Å². The number of rotatable bonds is 3.